The van der Waals surface area contributed by atoms with E-state index in [0.29, 0.717) is 5.89 Å². The molecule has 0 saturated carbocycles. The number of benzene rings is 2. The molecule has 4 rings (SSSR count). The average molecular weight is 266 g/mol. The fourth-order valence-corrected chi connectivity index (χ4v) is 2.59. The highest BCUT2D eigenvalue weighted by Crippen LogP contribution is 2.31. The van der Waals surface area contributed by atoms with Crippen molar-refractivity contribution in [1.82, 2.24) is 4.98 Å². The molecule has 0 unspecified atom stereocenters. The Morgan fingerprint density at radius 2 is 2.15 bits per heavy atom. The molecule has 0 fully saturated rings. The summed E-state index contributed by atoms with van der Waals surface area (Å²) >= 11 is 0. The zero-order valence-electron chi connectivity index (χ0n) is 11.1. The van der Waals surface area contributed by atoms with Crippen LogP contribution >= 0.6 is 0 Å². The van der Waals surface area contributed by atoms with E-state index in [0.717, 1.165) is 35.4 Å². The molecule has 0 amide bonds. The molecular weight excluding hydrogens is 252 g/mol. The molecule has 100 valence electrons. The normalized spacial score (nSPS) is 13.2. The van der Waals surface area contributed by atoms with Gasteiger partial charge in [-0.2, -0.15) is 0 Å². The van der Waals surface area contributed by atoms with Crippen molar-refractivity contribution in [2.45, 2.75) is 6.42 Å². The zero-order chi connectivity index (χ0) is 13.5. The number of aromatic nitrogens is 1. The lowest BCUT2D eigenvalue weighted by molar-refractivity contribution is 0.414. The molecule has 1 aromatic heterocycles. The van der Waals surface area contributed by atoms with Crippen LogP contribution in [0.2, 0.25) is 0 Å². The van der Waals surface area contributed by atoms with Crippen molar-refractivity contribution < 1.29 is 9.15 Å². The molecule has 1 aliphatic heterocycles. The highest BCUT2D eigenvalue weighted by atomic mass is 16.5. The van der Waals surface area contributed by atoms with E-state index in [1.807, 2.05) is 24.3 Å². The van der Waals surface area contributed by atoms with E-state index in [-0.39, 0.29) is 0 Å². The van der Waals surface area contributed by atoms with E-state index in [1.165, 1.54) is 11.3 Å². The molecule has 1 aliphatic rings. The highest BCUT2D eigenvalue weighted by molar-refractivity contribution is 5.78. The van der Waals surface area contributed by atoms with E-state index in [9.17, 15) is 0 Å². The third-order valence-corrected chi connectivity index (χ3v) is 3.66. The Morgan fingerprint density at radius 3 is 3.05 bits per heavy atom. The van der Waals surface area contributed by atoms with Crippen molar-refractivity contribution >= 4 is 16.8 Å². The molecule has 2 aromatic carbocycles. The van der Waals surface area contributed by atoms with Crippen LogP contribution in [0.3, 0.4) is 0 Å². The number of fused-ring (bicyclic) bond motifs is 2. The number of rotatable bonds is 2. The smallest absolute Gasteiger partial charge is 0.227 e. The minimum absolute atomic E-state index is 0.656. The minimum atomic E-state index is 0.656. The second-order valence-corrected chi connectivity index (χ2v) is 4.90. The van der Waals surface area contributed by atoms with Gasteiger partial charge in [0, 0.05) is 23.9 Å². The Labute approximate surface area is 116 Å². The second-order valence-electron chi connectivity index (χ2n) is 4.90. The molecule has 4 nitrogen and oxygen atoms in total. The molecular formula is C16H14N2O2. The summed E-state index contributed by atoms with van der Waals surface area (Å²) in [5.41, 5.74) is 5.15. The van der Waals surface area contributed by atoms with Crippen molar-refractivity contribution in [2.75, 3.05) is 19.0 Å². The van der Waals surface area contributed by atoms with Crippen LogP contribution < -0.4 is 10.1 Å². The Kier molecular flexibility index (Phi) is 2.42. The molecule has 20 heavy (non-hydrogen) atoms. The number of hydrogen-bond donors (Lipinski definition) is 1. The molecule has 3 aromatic rings. The summed E-state index contributed by atoms with van der Waals surface area (Å²) in [6.45, 7) is 1.00. The average Bonchev–Trinajstić information content (AvgIpc) is 3.11. The third kappa shape index (κ3) is 1.72. The van der Waals surface area contributed by atoms with E-state index in [2.05, 4.69) is 22.4 Å². The van der Waals surface area contributed by atoms with Crippen molar-refractivity contribution in [3.8, 4) is 17.2 Å². The maximum absolute atomic E-state index is 5.84. The van der Waals surface area contributed by atoms with Gasteiger partial charge in [-0.3, -0.25) is 0 Å². The van der Waals surface area contributed by atoms with Crippen molar-refractivity contribution in [1.29, 1.82) is 0 Å². The highest BCUT2D eigenvalue weighted by Gasteiger charge is 2.14. The molecule has 0 radical (unpaired) electrons. The predicted molar refractivity (Wildman–Crippen MR) is 78.2 cm³/mol. The van der Waals surface area contributed by atoms with Gasteiger partial charge in [0.1, 0.15) is 11.3 Å². The Bertz CT molecular complexity index is 792. The monoisotopic (exact) mass is 266 g/mol. The van der Waals surface area contributed by atoms with Gasteiger partial charge in [-0.25, -0.2) is 4.98 Å². The van der Waals surface area contributed by atoms with Crippen molar-refractivity contribution in [3.63, 3.8) is 0 Å². The first-order valence-corrected chi connectivity index (χ1v) is 6.65. The fraction of sp³-hybridized carbons (Fsp3) is 0.188. The molecule has 0 atom stereocenters. The Morgan fingerprint density at radius 1 is 1.20 bits per heavy atom. The maximum Gasteiger partial charge on any atom is 0.227 e. The van der Waals surface area contributed by atoms with Gasteiger partial charge >= 0.3 is 0 Å². The molecule has 2 heterocycles. The van der Waals surface area contributed by atoms with Gasteiger partial charge in [-0.15, -0.1) is 0 Å². The van der Waals surface area contributed by atoms with Gasteiger partial charge in [0.05, 0.1) is 7.11 Å². The third-order valence-electron chi connectivity index (χ3n) is 3.66. The molecule has 0 saturated heterocycles. The molecule has 0 bridgehead atoms. The quantitative estimate of drug-likeness (QED) is 0.771. The molecule has 4 heteroatoms. The minimum Gasteiger partial charge on any atom is -0.497 e. The van der Waals surface area contributed by atoms with Gasteiger partial charge in [0.2, 0.25) is 5.89 Å². The van der Waals surface area contributed by atoms with Gasteiger partial charge < -0.3 is 14.5 Å². The number of hydrogen-bond acceptors (Lipinski definition) is 4. The van der Waals surface area contributed by atoms with Gasteiger partial charge in [-0.1, -0.05) is 0 Å². The van der Waals surface area contributed by atoms with Gasteiger partial charge in [0.15, 0.2) is 5.58 Å². The lowest BCUT2D eigenvalue weighted by atomic mass is 10.1. The second kappa shape index (κ2) is 4.27. The van der Waals surface area contributed by atoms with Crippen LogP contribution in [0.4, 0.5) is 5.69 Å². The summed E-state index contributed by atoms with van der Waals surface area (Å²) in [5, 5.41) is 3.35. The summed E-state index contributed by atoms with van der Waals surface area (Å²) in [5.74, 6) is 1.43. The molecule has 0 aliphatic carbocycles. The van der Waals surface area contributed by atoms with Crippen LogP contribution in [0.15, 0.2) is 40.8 Å². The molecule has 1 N–H and O–H groups in total. The topological polar surface area (TPSA) is 47.3 Å². The summed E-state index contributed by atoms with van der Waals surface area (Å²) in [6, 6.07) is 11.9. The largest absolute Gasteiger partial charge is 0.497 e. The summed E-state index contributed by atoms with van der Waals surface area (Å²) in [7, 11) is 1.64. The van der Waals surface area contributed by atoms with Crippen molar-refractivity contribution in [3.05, 3.63) is 42.0 Å². The van der Waals surface area contributed by atoms with E-state index < -0.39 is 0 Å². The Hall–Kier alpha value is -2.49. The summed E-state index contributed by atoms with van der Waals surface area (Å²) in [6.07, 6.45) is 1.05. The van der Waals surface area contributed by atoms with E-state index >= 15 is 0 Å². The predicted octanol–water partition coefficient (Wildman–Crippen LogP) is 3.47. The number of methoxy groups -OCH3 is 1. The van der Waals surface area contributed by atoms with Gasteiger partial charge in [-0.05, 0) is 42.3 Å². The first-order valence-electron chi connectivity index (χ1n) is 6.65. The molecule has 0 spiro atoms. The number of oxazole rings is 1. The zero-order valence-corrected chi connectivity index (χ0v) is 11.1. The van der Waals surface area contributed by atoms with Crippen LogP contribution in [-0.2, 0) is 6.42 Å². The van der Waals surface area contributed by atoms with Gasteiger partial charge in [0.25, 0.3) is 0 Å². The summed E-state index contributed by atoms with van der Waals surface area (Å²) in [4.78, 5) is 4.54. The van der Waals surface area contributed by atoms with Crippen LogP contribution in [-0.4, -0.2) is 18.6 Å². The van der Waals surface area contributed by atoms with E-state index in [4.69, 9.17) is 9.15 Å². The first-order chi connectivity index (χ1) is 9.83. The lowest BCUT2D eigenvalue weighted by Crippen LogP contribution is -1.90. The number of anilines is 1. The number of nitrogens with one attached hydrogen (secondary N) is 1. The SMILES string of the molecule is COc1ccc2nc(-c3ccc4c(c3)CCN4)oc2c1. The standard InChI is InChI=1S/C16H14N2O2/c1-19-12-3-5-14-15(9-12)20-16(18-14)11-2-4-13-10(8-11)6-7-17-13/h2-5,8-9,17H,6-7H2,1H3. The van der Waals surface area contributed by atoms with Crippen molar-refractivity contribution in [2.24, 2.45) is 0 Å². The number of ether oxygens (including phenoxy) is 1. The van der Waals surface area contributed by atoms with Crippen LogP contribution in [0.5, 0.6) is 5.75 Å². The lowest BCUT2D eigenvalue weighted by Gasteiger charge is -2.00. The van der Waals surface area contributed by atoms with Crippen LogP contribution in [0.1, 0.15) is 5.56 Å². The Balaban J connectivity index is 1.81. The van der Waals surface area contributed by atoms with Crippen LogP contribution in [0.25, 0.3) is 22.6 Å². The number of nitrogens with zero attached hydrogens (tertiary/aromatic N) is 1. The van der Waals surface area contributed by atoms with Crippen LogP contribution in [0, 0.1) is 0 Å². The van der Waals surface area contributed by atoms with E-state index in [1.54, 1.807) is 7.11 Å². The maximum atomic E-state index is 5.84. The summed E-state index contributed by atoms with van der Waals surface area (Å²) < 4.78 is 11.0. The first kappa shape index (κ1) is 11.3. The fourth-order valence-electron chi connectivity index (χ4n) is 2.59.